The Bertz CT molecular complexity index is 1460. The van der Waals surface area contributed by atoms with E-state index in [0.717, 1.165) is 55.5 Å². The minimum Gasteiger partial charge on any atom is -0.496 e. The highest BCUT2D eigenvalue weighted by Gasteiger charge is 2.39. The predicted octanol–water partition coefficient (Wildman–Crippen LogP) is 7.07. The number of fused-ring (bicyclic) bond motifs is 4. The second kappa shape index (κ2) is 8.41. The van der Waals surface area contributed by atoms with E-state index >= 15 is 0 Å². The van der Waals surface area contributed by atoms with Crippen molar-refractivity contribution >= 4 is 43.9 Å². The molecule has 0 fully saturated rings. The number of pyridine rings is 1. The third kappa shape index (κ3) is 3.43. The minimum atomic E-state index is -0.284. The van der Waals surface area contributed by atoms with E-state index < -0.39 is 0 Å². The normalized spacial score (nSPS) is 19.4. The zero-order chi connectivity index (χ0) is 23.2. The van der Waals surface area contributed by atoms with Crippen molar-refractivity contribution in [2.75, 3.05) is 12.4 Å². The molecule has 0 amide bonds. The minimum absolute atomic E-state index is 0.149. The van der Waals surface area contributed by atoms with Gasteiger partial charge in [-0.2, -0.15) is 0 Å². The summed E-state index contributed by atoms with van der Waals surface area (Å²) in [7, 11) is 1.67. The van der Waals surface area contributed by atoms with E-state index in [1.165, 1.54) is 5.56 Å². The molecule has 168 valence electrons. The van der Waals surface area contributed by atoms with Gasteiger partial charge in [0.1, 0.15) is 5.75 Å². The molecule has 0 spiro atoms. The number of hydrogen-bond acceptors (Lipinski definition) is 4. The van der Waals surface area contributed by atoms with Gasteiger partial charge in [-0.3, -0.25) is 9.78 Å². The van der Waals surface area contributed by atoms with E-state index in [0.29, 0.717) is 6.42 Å². The standard InChI is InChI=1S/C29H23BrN2O2/c1-34-26-12-9-19(30)16-21(26)29-28-22(14-18(15-25(28)33)17-6-3-2-4-7-17)27-20-8-5-13-31-23(20)10-11-24(27)32-29/h2-13,16,18,29,32H,14-15H2,1H3/t18-,29-/m0/s1. The highest BCUT2D eigenvalue weighted by Crippen LogP contribution is 2.52. The lowest BCUT2D eigenvalue weighted by molar-refractivity contribution is -0.116. The Morgan fingerprint density at radius 2 is 1.85 bits per heavy atom. The van der Waals surface area contributed by atoms with Crippen LogP contribution in [0.4, 0.5) is 5.69 Å². The van der Waals surface area contributed by atoms with Crippen LogP contribution in [-0.4, -0.2) is 17.9 Å². The highest BCUT2D eigenvalue weighted by molar-refractivity contribution is 9.10. The number of methoxy groups -OCH3 is 1. The van der Waals surface area contributed by atoms with Crippen LogP contribution in [0.2, 0.25) is 0 Å². The van der Waals surface area contributed by atoms with Gasteiger partial charge in [0.05, 0.1) is 18.7 Å². The summed E-state index contributed by atoms with van der Waals surface area (Å²) in [6.45, 7) is 0. The first-order valence-corrected chi connectivity index (χ1v) is 12.2. The van der Waals surface area contributed by atoms with Crippen LogP contribution in [0.5, 0.6) is 5.75 Å². The number of nitrogens with zero attached hydrogens (tertiary/aromatic N) is 1. The Hall–Kier alpha value is -3.44. The van der Waals surface area contributed by atoms with Crippen LogP contribution in [-0.2, 0) is 4.79 Å². The smallest absolute Gasteiger partial charge is 0.162 e. The average Bonchev–Trinajstić information content (AvgIpc) is 2.88. The Balaban J connectivity index is 1.60. The molecule has 0 radical (unpaired) electrons. The van der Waals surface area contributed by atoms with Crippen LogP contribution in [0, 0.1) is 0 Å². The number of Topliss-reactive ketones (excluding diaryl/α,β-unsaturated/α-hetero) is 1. The number of benzene rings is 3. The van der Waals surface area contributed by atoms with Crippen molar-refractivity contribution in [2.45, 2.75) is 24.8 Å². The number of rotatable bonds is 3. The molecule has 4 nitrogen and oxygen atoms in total. The number of anilines is 1. The summed E-state index contributed by atoms with van der Waals surface area (Å²) in [5.74, 6) is 1.09. The second-order valence-corrected chi connectivity index (χ2v) is 9.77. The van der Waals surface area contributed by atoms with Crippen molar-refractivity contribution in [3.63, 3.8) is 0 Å². The first kappa shape index (κ1) is 21.1. The summed E-state index contributed by atoms with van der Waals surface area (Å²) in [6, 6.07) is 24.2. The van der Waals surface area contributed by atoms with E-state index in [4.69, 9.17) is 4.74 Å². The number of nitrogens with one attached hydrogen (secondary N) is 1. The van der Waals surface area contributed by atoms with Gasteiger partial charge in [0.15, 0.2) is 5.78 Å². The Kier molecular flexibility index (Phi) is 5.22. The predicted molar refractivity (Wildman–Crippen MR) is 139 cm³/mol. The van der Waals surface area contributed by atoms with Crippen LogP contribution in [0.1, 0.15) is 41.5 Å². The molecule has 0 bridgehead atoms. The lowest BCUT2D eigenvalue weighted by Gasteiger charge is -2.37. The van der Waals surface area contributed by atoms with Gasteiger partial charge in [-0.15, -0.1) is 0 Å². The van der Waals surface area contributed by atoms with E-state index in [2.05, 4.69) is 62.6 Å². The third-order valence-corrected chi connectivity index (χ3v) is 7.45. The summed E-state index contributed by atoms with van der Waals surface area (Å²) in [5, 5.41) is 4.75. The molecule has 0 unspecified atom stereocenters. The van der Waals surface area contributed by atoms with Crippen LogP contribution >= 0.6 is 15.9 Å². The molecule has 4 aromatic rings. The zero-order valence-electron chi connectivity index (χ0n) is 18.7. The van der Waals surface area contributed by atoms with Crippen molar-refractivity contribution in [3.05, 3.63) is 106 Å². The zero-order valence-corrected chi connectivity index (χ0v) is 20.3. The van der Waals surface area contributed by atoms with Crippen molar-refractivity contribution in [2.24, 2.45) is 0 Å². The summed E-state index contributed by atoms with van der Waals surface area (Å²) >= 11 is 3.61. The number of carbonyl (C=O) groups excluding carboxylic acids is 1. The Morgan fingerprint density at radius 3 is 2.68 bits per heavy atom. The number of aromatic nitrogens is 1. The molecule has 2 heterocycles. The Labute approximate surface area is 206 Å². The summed E-state index contributed by atoms with van der Waals surface area (Å²) in [4.78, 5) is 18.4. The lowest BCUT2D eigenvalue weighted by atomic mass is 9.71. The Morgan fingerprint density at radius 1 is 1.00 bits per heavy atom. The van der Waals surface area contributed by atoms with Gasteiger partial charge in [0.2, 0.25) is 0 Å². The van der Waals surface area contributed by atoms with Gasteiger partial charge in [-0.05, 0) is 59.9 Å². The summed E-state index contributed by atoms with van der Waals surface area (Å²) < 4.78 is 6.66. The van der Waals surface area contributed by atoms with Gasteiger partial charge < -0.3 is 10.1 Å². The fourth-order valence-corrected chi connectivity index (χ4v) is 5.83. The molecule has 1 aliphatic heterocycles. The molecule has 0 saturated carbocycles. The van der Waals surface area contributed by atoms with Gasteiger partial charge >= 0.3 is 0 Å². The molecule has 1 N–H and O–H groups in total. The molecule has 0 saturated heterocycles. The average molecular weight is 511 g/mol. The maximum Gasteiger partial charge on any atom is 0.162 e. The van der Waals surface area contributed by atoms with Crippen LogP contribution in [0.3, 0.4) is 0 Å². The molecule has 34 heavy (non-hydrogen) atoms. The topological polar surface area (TPSA) is 51.2 Å². The molecule has 5 heteroatoms. The monoisotopic (exact) mass is 510 g/mol. The number of ketones is 1. The summed E-state index contributed by atoms with van der Waals surface area (Å²) in [6.07, 6.45) is 3.12. The van der Waals surface area contributed by atoms with E-state index in [9.17, 15) is 4.79 Å². The van der Waals surface area contributed by atoms with Gasteiger partial charge in [0.25, 0.3) is 0 Å². The van der Waals surface area contributed by atoms with Gasteiger partial charge in [-0.25, -0.2) is 0 Å². The molecule has 1 aliphatic carbocycles. The fourth-order valence-electron chi connectivity index (χ4n) is 5.45. The SMILES string of the molecule is COc1ccc(Br)cc1[C@@H]1Nc2ccc3ncccc3c2C2=C1C(=O)C[C@@H](c1ccccc1)C2. The largest absolute Gasteiger partial charge is 0.496 e. The van der Waals surface area contributed by atoms with E-state index in [-0.39, 0.29) is 17.7 Å². The molecule has 2 atom stereocenters. The molecular weight excluding hydrogens is 488 g/mol. The first-order valence-electron chi connectivity index (χ1n) is 11.4. The van der Waals surface area contributed by atoms with Gasteiger partial charge in [0, 0.05) is 44.9 Å². The van der Waals surface area contributed by atoms with E-state index in [1.54, 1.807) is 7.11 Å². The van der Waals surface area contributed by atoms with Crippen LogP contribution in [0.25, 0.3) is 16.5 Å². The number of ether oxygens (including phenoxy) is 1. The maximum atomic E-state index is 13.9. The van der Waals surface area contributed by atoms with Gasteiger partial charge in [-0.1, -0.05) is 52.3 Å². The quantitative estimate of drug-likeness (QED) is 0.320. The number of allylic oxidation sites excluding steroid dienone is 1. The number of halogens is 1. The number of hydrogen-bond donors (Lipinski definition) is 1. The lowest BCUT2D eigenvalue weighted by Crippen LogP contribution is -2.30. The van der Waals surface area contributed by atoms with Crippen molar-refractivity contribution in [1.82, 2.24) is 4.98 Å². The highest BCUT2D eigenvalue weighted by atomic mass is 79.9. The maximum absolute atomic E-state index is 13.9. The summed E-state index contributed by atoms with van der Waals surface area (Å²) in [5.41, 5.74) is 7.16. The number of carbonyl (C=O) groups is 1. The third-order valence-electron chi connectivity index (χ3n) is 6.96. The van der Waals surface area contributed by atoms with Crippen molar-refractivity contribution in [3.8, 4) is 5.75 Å². The van der Waals surface area contributed by atoms with Crippen molar-refractivity contribution < 1.29 is 9.53 Å². The fraction of sp³-hybridized carbons (Fsp3) is 0.172. The van der Waals surface area contributed by atoms with Crippen LogP contribution < -0.4 is 10.1 Å². The molecule has 3 aromatic carbocycles. The molecule has 2 aliphatic rings. The molecule has 6 rings (SSSR count). The molecule has 1 aromatic heterocycles. The van der Waals surface area contributed by atoms with Crippen molar-refractivity contribution in [1.29, 1.82) is 0 Å². The second-order valence-electron chi connectivity index (χ2n) is 8.85. The van der Waals surface area contributed by atoms with E-state index in [1.807, 2.05) is 42.6 Å². The molecular formula is C29H23BrN2O2. The first-order chi connectivity index (χ1) is 16.6. The van der Waals surface area contributed by atoms with Crippen LogP contribution in [0.15, 0.2) is 89.0 Å².